The summed E-state index contributed by atoms with van der Waals surface area (Å²) < 4.78 is 35.8. The van der Waals surface area contributed by atoms with E-state index in [0.29, 0.717) is 0 Å². The molecule has 9 heavy (non-hydrogen) atoms. The summed E-state index contributed by atoms with van der Waals surface area (Å²) >= 11 is 0. The molecule has 0 aliphatic rings. The first-order chi connectivity index (χ1) is 4.06. The summed E-state index contributed by atoms with van der Waals surface area (Å²) in [7, 11) is -2.88. The Bertz CT molecular complexity index is 148. The molecule has 0 aromatic rings. The highest BCUT2D eigenvalue weighted by Crippen LogP contribution is 1.83. The van der Waals surface area contributed by atoms with Gasteiger partial charge in [0.05, 0.1) is 13.2 Å². The zero-order chi connectivity index (χ0) is 7.33. The average Bonchev–Trinajstić information content (AvgIpc) is 1.63. The molecule has 0 unspecified atom stereocenters. The zero-order valence-corrected chi connectivity index (χ0v) is 5.72. The van der Waals surface area contributed by atoms with Gasteiger partial charge in [-0.05, 0) is 0 Å². The summed E-state index contributed by atoms with van der Waals surface area (Å²) in [6.45, 7) is -0.0187. The standard InChI is InChI=1S/C3H8O5S/c1-7-2-3-8-9(4,5)6/h2-3H2,1H3,(H,4,5,6). The van der Waals surface area contributed by atoms with Gasteiger partial charge in [0.25, 0.3) is 0 Å². The van der Waals surface area contributed by atoms with E-state index < -0.39 is 10.4 Å². The number of rotatable bonds is 4. The fourth-order valence-electron chi connectivity index (χ4n) is 0.223. The molecule has 0 fully saturated rings. The van der Waals surface area contributed by atoms with Crippen LogP contribution >= 0.6 is 0 Å². The number of hydrogen-bond acceptors (Lipinski definition) is 4. The van der Waals surface area contributed by atoms with E-state index in [1.165, 1.54) is 7.11 Å². The van der Waals surface area contributed by atoms with Crippen LogP contribution in [-0.4, -0.2) is 33.3 Å². The molecular formula is C3H8O5S. The van der Waals surface area contributed by atoms with Crippen LogP contribution in [0.15, 0.2) is 0 Å². The second-order valence-corrected chi connectivity index (χ2v) is 2.33. The van der Waals surface area contributed by atoms with Crippen LogP contribution in [0.5, 0.6) is 0 Å². The van der Waals surface area contributed by atoms with Crippen LogP contribution in [0.4, 0.5) is 0 Å². The van der Waals surface area contributed by atoms with Crippen molar-refractivity contribution in [1.82, 2.24) is 0 Å². The van der Waals surface area contributed by atoms with Gasteiger partial charge in [-0.15, -0.1) is 0 Å². The fraction of sp³-hybridized carbons (Fsp3) is 1.00. The lowest BCUT2D eigenvalue weighted by atomic mass is 10.8. The summed E-state index contributed by atoms with van der Waals surface area (Å²) in [6.07, 6.45) is 0. The molecule has 0 heterocycles. The summed E-state index contributed by atoms with van der Waals surface area (Å²) in [4.78, 5) is 0. The van der Waals surface area contributed by atoms with Gasteiger partial charge >= 0.3 is 10.4 Å². The van der Waals surface area contributed by atoms with E-state index in [2.05, 4.69) is 8.92 Å². The molecule has 0 atom stereocenters. The van der Waals surface area contributed by atoms with Crippen molar-refractivity contribution >= 4 is 10.4 Å². The van der Waals surface area contributed by atoms with E-state index in [4.69, 9.17) is 4.55 Å². The highest BCUT2D eigenvalue weighted by molar-refractivity contribution is 7.80. The van der Waals surface area contributed by atoms with E-state index in [0.717, 1.165) is 0 Å². The molecule has 0 rings (SSSR count). The van der Waals surface area contributed by atoms with Crippen molar-refractivity contribution in [2.24, 2.45) is 0 Å². The first kappa shape index (κ1) is 8.83. The third kappa shape index (κ3) is 7.83. The maximum atomic E-state index is 9.78. The summed E-state index contributed by atoms with van der Waals surface area (Å²) in [5.41, 5.74) is 0. The van der Waals surface area contributed by atoms with Crippen molar-refractivity contribution < 1.29 is 21.9 Å². The van der Waals surface area contributed by atoms with Crippen molar-refractivity contribution in [2.75, 3.05) is 20.3 Å². The molecule has 1 N–H and O–H groups in total. The topological polar surface area (TPSA) is 72.8 Å². The van der Waals surface area contributed by atoms with Crippen LogP contribution < -0.4 is 0 Å². The predicted octanol–water partition coefficient (Wildman–Crippen LogP) is -0.548. The predicted molar refractivity (Wildman–Crippen MR) is 29.4 cm³/mol. The van der Waals surface area contributed by atoms with Gasteiger partial charge in [0.1, 0.15) is 0 Å². The second-order valence-electron chi connectivity index (χ2n) is 1.24. The minimum absolute atomic E-state index is 0.139. The van der Waals surface area contributed by atoms with E-state index in [-0.39, 0.29) is 13.2 Å². The third-order valence-corrected chi connectivity index (χ3v) is 0.984. The molecule has 0 amide bonds. The fourth-order valence-corrected chi connectivity index (χ4v) is 0.501. The minimum atomic E-state index is -4.28. The Morgan fingerprint density at radius 1 is 1.44 bits per heavy atom. The largest absolute Gasteiger partial charge is 0.397 e. The quantitative estimate of drug-likeness (QED) is 0.437. The first-order valence-electron chi connectivity index (χ1n) is 2.17. The summed E-state index contributed by atoms with van der Waals surface area (Å²) in [5, 5.41) is 0. The number of ether oxygens (including phenoxy) is 1. The van der Waals surface area contributed by atoms with Crippen LogP contribution in [0.25, 0.3) is 0 Å². The first-order valence-corrected chi connectivity index (χ1v) is 3.53. The lowest BCUT2D eigenvalue weighted by molar-refractivity contribution is 0.141. The normalized spacial score (nSPS) is 11.8. The lowest BCUT2D eigenvalue weighted by Gasteiger charge is -1.96. The zero-order valence-electron chi connectivity index (χ0n) is 4.90. The number of methoxy groups -OCH3 is 1. The van der Waals surface area contributed by atoms with Crippen molar-refractivity contribution in [1.29, 1.82) is 0 Å². The summed E-state index contributed by atoms with van der Waals surface area (Å²) in [6, 6.07) is 0. The van der Waals surface area contributed by atoms with Crippen LogP contribution in [0.3, 0.4) is 0 Å². The Kier molecular flexibility index (Phi) is 3.71. The molecule has 56 valence electrons. The molecule has 6 heteroatoms. The molecule has 0 bridgehead atoms. The average molecular weight is 156 g/mol. The van der Waals surface area contributed by atoms with Gasteiger partial charge in [-0.1, -0.05) is 0 Å². The highest BCUT2D eigenvalue weighted by atomic mass is 32.3. The van der Waals surface area contributed by atoms with Gasteiger partial charge in [-0.2, -0.15) is 8.42 Å². The van der Waals surface area contributed by atoms with E-state index in [9.17, 15) is 8.42 Å². The molecule has 0 saturated heterocycles. The third-order valence-electron chi connectivity index (χ3n) is 0.520. The molecule has 0 aromatic carbocycles. The van der Waals surface area contributed by atoms with Crippen LogP contribution in [0, 0.1) is 0 Å². The Balaban J connectivity index is 3.30. The summed E-state index contributed by atoms with van der Waals surface area (Å²) in [5.74, 6) is 0. The Morgan fingerprint density at radius 2 is 2.00 bits per heavy atom. The molecule has 0 aliphatic carbocycles. The Labute approximate surface area is 53.5 Å². The Morgan fingerprint density at radius 3 is 2.33 bits per heavy atom. The van der Waals surface area contributed by atoms with Gasteiger partial charge in [-0.3, -0.25) is 4.55 Å². The van der Waals surface area contributed by atoms with Crippen molar-refractivity contribution in [2.45, 2.75) is 0 Å². The smallest absolute Gasteiger partial charge is 0.382 e. The van der Waals surface area contributed by atoms with Gasteiger partial charge in [0, 0.05) is 7.11 Å². The van der Waals surface area contributed by atoms with Crippen molar-refractivity contribution in [3.05, 3.63) is 0 Å². The van der Waals surface area contributed by atoms with Crippen molar-refractivity contribution in [3.8, 4) is 0 Å². The second kappa shape index (κ2) is 3.78. The van der Waals surface area contributed by atoms with Crippen molar-refractivity contribution in [3.63, 3.8) is 0 Å². The van der Waals surface area contributed by atoms with Gasteiger partial charge < -0.3 is 4.74 Å². The minimum Gasteiger partial charge on any atom is -0.382 e. The van der Waals surface area contributed by atoms with Crippen LogP contribution in [0.2, 0.25) is 0 Å². The molecule has 0 saturated carbocycles. The van der Waals surface area contributed by atoms with Crippen LogP contribution in [-0.2, 0) is 19.3 Å². The number of hydrogen-bond donors (Lipinski definition) is 1. The van der Waals surface area contributed by atoms with E-state index >= 15 is 0 Å². The van der Waals surface area contributed by atoms with Gasteiger partial charge in [0.15, 0.2) is 0 Å². The van der Waals surface area contributed by atoms with Gasteiger partial charge in [0.2, 0.25) is 0 Å². The van der Waals surface area contributed by atoms with Gasteiger partial charge in [-0.25, -0.2) is 4.18 Å². The van der Waals surface area contributed by atoms with E-state index in [1.54, 1.807) is 0 Å². The molecule has 5 nitrogen and oxygen atoms in total. The van der Waals surface area contributed by atoms with Crippen LogP contribution in [0.1, 0.15) is 0 Å². The monoisotopic (exact) mass is 156 g/mol. The maximum Gasteiger partial charge on any atom is 0.397 e. The highest BCUT2D eigenvalue weighted by Gasteiger charge is 2.01. The molecule has 0 spiro atoms. The molecule has 0 aromatic heterocycles. The SMILES string of the molecule is COCCOS(=O)(=O)O. The Hall–Kier alpha value is -0.170. The maximum absolute atomic E-state index is 9.78. The molecule has 0 aliphatic heterocycles. The van der Waals surface area contributed by atoms with E-state index in [1.807, 2.05) is 0 Å². The molecular weight excluding hydrogens is 148 g/mol. The lowest BCUT2D eigenvalue weighted by Crippen LogP contribution is -2.08. The molecule has 0 radical (unpaired) electrons.